The lowest BCUT2D eigenvalue weighted by Gasteiger charge is -2.17. The van der Waals surface area contributed by atoms with Crippen molar-refractivity contribution in [3.05, 3.63) is 11.3 Å². The summed E-state index contributed by atoms with van der Waals surface area (Å²) in [6, 6.07) is 0. The topological polar surface area (TPSA) is 94.5 Å². The molecule has 0 unspecified atom stereocenters. The van der Waals surface area contributed by atoms with Crippen LogP contribution >= 0.6 is 0 Å². The van der Waals surface area contributed by atoms with Gasteiger partial charge in [-0.3, -0.25) is 5.32 Å². The van der Waals surface area contributed by atoms with Crippen molar-refractivity contribution in [3.8, 4) is 0 Å². The van der Waals surface area contributed by atoms with E-state index >= 15 is 0 Å². The molecule has 1 aromatic rings. The van der Waals surface area contributed by atoms with Gasteiger partial charge in [-0.1, -0.05) is 0 Å². The van der Waals surface area contributed by atoms with Gasteiger partial charge < -0.3 is 14.8 Å². The number of hydrogen-bond acceptors (Lipinski definition) is 6. The molecule has 1 amide bonds. The van der Waals surface area contributed by atoms with Crippen LogP contribution in [-0.2, 0) is 21.6 Å². The molecule has 2 heterocycles. The normalized spacial score (nSPS) is 15.4. The zero-order valence-electron chi connectivity index (χ0n) is 12.6. The SMILES string of the molecule is CCOC(=O)Nc1c2c(nn1C(=O)OCC)C(C)(C)NC2. The Morgan fingerprint density at radius 2 is 2.00 bits per heavy atom. The van der Waals surface area contributed by atoms with Crippen molar-refractivity contribution < 1.29 is 19.1 Å². The molecule has 21 heavy (non-hydrogen) atoms. The minimum absolute atomic E-state index is 0.226. The minimum atomic E-state index is -0.630. The van der Waals surface area contributed by atoms with E-state index in [2.05, 4.69) is 15.7 Å². The predicted octanol–water partition coefficient (Wildman–Crippen LogP) is 1.79. The number of nitrogens with one attached hydrogen (secondary N) is 2. The Morgan fingerprint density at radius 1 is 1.33 bits per heavy atom. The van der Waals surface area contributed by atoms with Crippen LogP contribution in [0.4, 0.5) is 15.4 Å². The molecule has 0 atom stereocenters. The van der Waals surface area contributed by atoms with Crippen molar-refractivity contribution in [2.45, 2.75) is 39.8 Å². The van der Waals surface area contributed by atoms with Crippen molar-refractivity contribution in [1.29, 1.82) is 0 Å². The van der Waals surface area contributed by atoms with Crippen LogP contribution in [0.25, 0.3) is 0 Å². The van der Waals surface area contributed by atoms with E-state index in [1.807, 2.05) is 13.8 Å². The molecular weight excluding hydrogens is 276 g/mol. The Labute approximate surface area is 122 Å². The summed E-state index contributed by atoms with van der Waals surface area (Å²) < 4.78 is 10.9. The third-order valence-electron chi connectivity index (χ3n) is 3.22. The number of anilines is 1. The second kappa shape index (κ2) is 5.72. The van der Waals surface area contributed by atoms with Gasteiger partial charge >= 0.3 is 12.2 Å². The molecule has 116 valence electrons. The molecule has 1 aliphatic rings. The van der Waals surface area contributed by atoms with Gasteiger partial charge in [0.25, 0.3) is 0 Å². The molecule has 8 heteroatoms. The van der Waals surface area contributed by atoms with Crippen LogP contribution < -0.4 is 10.6 Å². The standard InChI is InChI=1S/C13H20N4O4/c1-5-20-11(18)15-10-8-7-14-13(3,4)9(8)16-17(10)12(19)21-6-2/h14H,5-7H2,1-4H3,(H,15,18). The average molecular weight is 296 g/mol. The highest BCUT2D eigenvalue weighted by molar-refractivity contribution is 5.88. The number of rotatable bonds is 3. The van der Waals surface area contributed by atoms with Crippen molar-refractivity contribution in [2.75, 3.05) is 18.5 Å². The molecule has 0 saturated carbocycles. The van der Waals surface area contributed by atoms with Crippen LogP contribution in [0.2, 0.25) is 0 Å². The summed E-state index contributed by atoms with van der Waals surface area (Å²) in [5.41, 5.74) is 1.10. The van der Waals surface area contributed by atoms with Gasteiger partial charge in [0.15, 0.2) is 5.82 Å². The van der Waals surface area contributed by atoms with E-state index < -0.39 is 12.2 Å². The zero-order chi connectivity index (χ0) is 15.6. The van der Waals surface area contributed by atoms with Crippen molar-refractivity contribution in [1.82, 2.24) is 15.1 Å². The fraction of sp³-hybridized carbons (Fsp3) is 0.615. The molecule has 0 spiro atoms. The van der Waals surface area contributed by atoms with E-state index in [4.69, 9.17) is 9.47 Å². The Balaban J connectivity index is 2.40. The average Bonchev–Trinajstić information content (AvgIpc) is 2.90. The van der Waals surface area contributed by atoms with Crippen LogP contribution in [0.5, 0.6) is 0 Å². The Morgan fingerprint density at radius 3 is 2.62 bits per heavy atom. The van der Waals surface area contributed by atoms with Gasteiger partial charge in [0.1, 0.15) is 0 Å². The number of hydrogen-bond donors (Lipinski definition) is 2. The Kier molecular flexibility index (Phi) is 4.17. The number of nitrogens with zero attached hydrogens (tertiary/aromatic N) is 2. The molecule has 8 nitrogen and oxygen atoms in total. The highest BCUT2D eigenvalue weighted by Crippen LogP contribution is 2.34. The van der Waals surface area contributed by atoms with E-state index in [1.165, 1.54) is 0 Å². The number of fused-ring (bicyclic) bond motifs is 1. The maximum atomic E-state index is 12.0. The number of aromatic nitrogens is 2. The predicted molar refractivity (Wildman–Crippen MR) is 75.2 cm³/mol. The van der Waals surface area contributed by atoms with Crippen LogP contribution in [0.3, 0.4) is 0 Å². The summed E-state index contributed by atoms with van der Waals surface area (Å²) in [6.45, 7) is 8.29. The molecule has 0 aliphatic carbocycles. The highest BCUT2D eigenvalue weighted by atomic mass is 16.6. The van der Waals surface area contributed by atoms with Gasteiger partial charge in [0, 0.05) is 12.1 Å². The minimum Gasteiger partial charge on any atom is -0.450 e. The fourth-order valence-electron chi connectivity index (χ4n) is 2.22. The summed E-state index contributed by atoms with van der Waals surface area (Å²) in [6.07, 6.45) is -1.26. The largest absolute Gasteiger partial charge is 0.450 e. The molecule has 1 aliphatic heterocycles. The van der Waals surface area contributed by atoms with Gasteiger partial charge in [-0.15, -0.1) is 4.68 Å². The molecule has 0 bridgehead atoms. The lowest BCUT2D eigenvalue weighted by molar-refractivity contribution is 0.150. The molecule has 2 rings (SSSR count). The molecule has 0 aromatic carbocycles. The summed E-state index contributed by atoms with van der Waals surface area (Å²) >= 11 is 0. The van der Waals surface area contributed by atoms with Crippen LogP contribution in [-0.4, -0.2) is 35.2 Å². The van der Waals surface area contributed by atoms with E-state index in [-0.39, 0.29) is 18.8 Å². The maximum Gasteiger partial charge on any atom is 0.436 e. The lowest BCUT2D eigenvalue weighted by Crippen LogP contribution is -2.31. The smallest absolute Gasteiger partial charge is 0.436 e. The summed E-state index contributed by atoms with van der Waals surface area (Å²) in [4.78, 5) is 23.6. The van der Waals surface area contributed by atoms with Crippen LogP contribution in [0.1, 0.15) is 39.0 Å². The first-order valence-electron chi connectivity index (χ1n) is 6.89. The molecule has 0 fully saturated rings. The molecular formula is C13H20N4O4. The zero-order valence-corrected chi connectivity index (χ0v) is 12.6. The lowest BCUT2D eigenvalue weighted by atomic mass is 10.0. The molecule has 1 aromatic heterocycles. The fourth-order valence-corrected chi connectivity index (χ4v) is 2.22. The third kappa shape index (κ3) is 2.85. The van der Waals surface area contributed by atoms with E-state index in [0.717, 1.165) is 10.2 Å². The Hall–Kier alpha value is -2.09. The van der Waals surface area contributed by atoms with Gasteiger partial charge in [0.2, 0.25) is 0 Å². The second-order valence-electron chi connectivity index (χ2n) is 5.11. The second-order valence-corrected chi connectivity index (χ2v) is 5.11. The first-order chi connectivity index (χ1) is 9.90. The van der Waals surface area contributed by atoms with E-state index in [1.54, 1.807) is 13.8 Å². The molecule has 0 radical (unpaired) electrons. The first-order valence-corrected chi connectivity index (χ1v) is 6.89. The van der Waals surface area contributed by atoms with E-state index in [0.29, 0.717) is 18.1 Å². The Bertz CT molecular complexity index is 565. The van der Waals surface area contributed by atoms with Gasteiger partial charge in [-0.2, -0.15) is 5.10 Å². The number of ether oxygens (including phenoxy) is 2. The quantitative estimate of drug-likeness (QED) is 0.883. The number of carbonyl (C=O) groups excluding carboxylic acids is 2. The van der Waals surface area contributed by atoms with Gasteiger partial charge in [0.05, 0.1) is 24.4 Å². The van der Waals surface area contributed by atoms with Crippen LogP contribution in [0, 0.1) is 0 Å². The van der Waals surface area contributed by atoms with Gasteiger partial charge in [-0.25, -0.2) is 9.59 Å². The molecule has 0 saturated heterocycles. The van der Waals surface area contributed by atoms with Crippen molar-refractivity contribution >= 4 is 18.0 Å². The molecule has 2 N–H and O–H groups in total. The van der Waals surface area contributed by atoms with Crippen molar-refractivity contribution in [2.24, 2.45) is 0 Å². The van der Waals surface area contributed by atoms with Crippen LogP contribution in [0.15, 0.2) is 0 Å². The van der Waals surface area contributed by atoms with E-state index in [9.17, 15) is 9.59 Å². The van der Waals surface area contributed by atoms with Crippen molar-refractivity contribution in [3.63, 3.8) is 0 Å². The monoisotopic (exact) mass is 296 g/mol. The first kappa shape index (κ1) is 15.3. The summed E-state index contributed by atoms with van der Waals surface area (Å²) in [5, 5.41) is 10.1. The number of amides is 1. The van der Waals surface area contributed by atoms with Gasteiger partial charge in [-0.05, 0) is 27.7 Å². The summed E-state index contributed by atoms with van der Waals surface area (Å²) in [7, 11) is 0. The third-order valence-corrected chi connectivity index (χ3v) is 3.22. The summed E-state index contributed by atoms with van der Waals surface area (Å²) in [5.74, 6) is 0.292. The number of carbonyl (C=O) groups is 2. The maximum absolute atomic E-state index is 12.0. The highest BCUT2D eigenvalue weighted by Gasteiger charge is 2.37.